The standard InChI is InChI=1S/C21H30N4O/c1-24-20(26)23-19(22-18-10-6-3-7-11-18)21(24)12-14-25(15-13-21)16-17-8-4-2-5-9-17/h2,4-5,8-9,18H,3,6-7,10-16H2,1H3,(H,22,23,26). The topological polar surface area (TPSA) is 47.9 Å². The van der Waals surface area contributed by atoms with Crippen LogP contribution in [0.1, 0.15) is 50.5 Å². The number of rotatable bonds is 3. The zero-order valence-corrected chi connectivity index (χ0v) is 15.8. The first-order valence-electron chi connectivity index (χ1n) is 10.1. The number of hydrogen-bond acceptors (Lipinski definition) is 3. The third-order valence-electron chi connectivity index (χ3n) is 6.43. The summed E-state index contributed by atoms with van der Waals surface area (Å²) in [5.41, 5.74) is 1.13. The molecule has 2 amide bonds. The van der Waals surface area contributed by atoms with Crippen molar-refractivity contribution in [3.63, 3.8) is 0 Å². The molecule has 2 aliphatic heterocycles. The van der Waals surface area contributed by atoms with E-state index in [-0.39, 0.29) is 11.6 Å². The molecule has 4 rings (SSSR count). The lowest BCUT2D eigenvalue weighted by Gasteiger charge is -2.42. The van der Waals surface area contributed by atoms with Crippen LogP contribution in [0.25, 0.3) is 0 Å². The zero-order chi connectivity index (χ0) is 18.0. The fourth-order valence-electron chi connectivity index (χ4n) is 4.69. The number of likely N-dealkylation sites (N-methyl/N-ethyl adjacent to an activating group) is 1. The molecule has 5 heteroatoms. The van der Waals surface area contributed by atoms with E-state index in [1.165, 1.54) is 37.7 Å². The van der Waals surface area contributed by atoms with Crippen LogP contribution in [0.15, 0.2) is 35.3 Å². The number of benzene rings is 1. The Morgan fingerprint density at radius 2 is 1.81 bits per heavy atom. The van der Waals surface area contributed by atoms with Crippen LogP contribution in [0.3, 0.4) is 0 Å². The number of carbonyl (C=O) groups excluding carboxylic acids is 1. The Hall–Kier alpha value is -1.88. The van der Waals surface area contributed by atoms with Crippen molar-refractivity contribution < 1.29 is 4.79 Å². The Bertz CT molecular complexity index is 658. The van der Waals surface area contributed by atoms with Crippen LogP contribution >= 0.6 is 0 Å². The summed E-state index contributed by atoms with van der Waals surface area (Å²) in [6.45, 7) is 2.98. The van der Waals surface area contributed by atoms with E-state index in [1.54, 1.807) is 0 Å². The number of hydrogen-bond donors (Lipinski definition) is 1. The van der Waals surface area contributed by atoms with Crippen molar-refractivity contribution in [1.82, 2.24) is 15.1 Å². The predicted octanol–water partition coefficient (Wildman–Crippen LogP) is 3.41. The number of likely N-dealkylation sites (tertiary alicyclic amines) is 1. The van der Waals surface area contributed by atoms with E-state index in [1.807, 2.05) is 11.9 Å². The van der Waals surface area contributed by atoms with Gasteiger partial charge in [0.25, 0.3) is 0 Å². The van der Waals surface area contributed by atoms with Crippen molar-refractivity contribution in [2.45, 2.75) is 63.1 Å². The molecule has 1 N–H and O–H groups in total. The Morgan fingerprint density at radius 1 is 1.12 bits per heavy atom. The maximum absolute atomic E-state index is 12.4. The summed E-state index contributed by atoms with van der Waals surface area (Å²) in [5.74, 6) is 0.941. The summed E-state index contributed by atoms with van der Waals surface area (Å²) in [4.78, 5) is 21.8. The van der Waals surface area contributed by atoms with Gasteiger partial charge in [0.15, 0.2) is 0 Å². The molecule has 140 valence electrons. The fraction of sp³-hybridized carbons (Fsp3) is 0.619. The Labute approximate surface area is 156 Å². The van der Waals surface area contributed by atoms with Gasteiger partial charge < -0.3 is 4.90 Å². The maximum atomic E-state index is 12.4. The molecule has 26 heavy (non-hydrogen) atoms. The molecule has 0 radical (unpaired) electrons. The van der Waals surface area contributed by atoms with Gasteiger partial charge in [-0.1, -0.05) is 49.6 Å². The maximum Gasteiger partial charge on any atom is 0.323 e. The number of piperidine rings is 1. The van der Waals surface area contributed by atoms with Gasteiger partial charge in [-0.2, -0.15) is 0 Å². The van der Waals surface area contributed by atoms with Crippen molar-refractivity contribution in [1.29, 1.82) is 0 Å². The third kappa shape index (κ3) is 3.37. The van der Waals surface area contributed by atoms with Gasteiger partial charge in [-0.25, -0.2) is 4.79 Å². The SMILES string of the molecule is CN1C(=O)NC(=NC2CCCCC2)C12CCN(Cc1ccccc1)CC2. The van der Waals surface area contributed by atoms with Gasteiger partial charge in [-0.3, -0.25) is 15.2 Å². The second-order valence-electron chi connectivity index (χ2n) is 8.05. The number of amidine groups is 1. The number of urea groups is 1. The lowest BCUT2D eigenvalue weighted by Crippen LogP contribution is -2.55. The molecule has 1 saturated carbocycles. The molecule has 1 aromatic carbocycles. The lowest BCUT2D eigenvalue weighted by atomic mass is 9.85. The Balaban J connectivity index is 1.47. The van der Waals surface area contributed by atoms with Crippen molar-refractivity contribution in [3.05, 3.63) is 35.9 Å². The summed E-state index contributed by atoms with van der Waals surface area (Å²) in [6.07, 6.45) is 8.11. The van der Waals surface area contributed by atoms with Gasteiger partial charge in [0.05, 0.1) is 6.04 Å². The highest BCUT2D eigenvalue weighted by Gasteiger charge is 2.50. The summed E-state index contributed by atoms with van der Waals surface area (Å²) in [6, 6.07) is 11.0. The van der Waals surface area contributed by atoms with Gasteiger partial charge in [0.1, 0.15) is 11.4 Å². The van der Waals surface area contributed by atoms with Crippen LogP contribution in [0.2, 0.25) is 0 Å². The predicted molar refractivity (Wildman–Crippen MR) is 104 cm³/mol. The average molecular weight is 354 g/mol. The molecular weight excluding hydrogens is 324 g/mol. The van der Waals surface area contributed by atoms with E-state index in [0.29, 0.717) is 6.04 Å². The largest absolute Gasteiger partial charge is 0.323 e. The summed E-state index contributed by atoms with van der Waals surface area (Å²) < 4.78 is 0. The van der Waals surface area contributed by atoms with E-state index in [0.717, 1.165) is 38.3 Å². The summed E-state index contributed by atoms with van der Waals surface area (Å²) >= 11 is 0. The van der Waals surface area contributed by atoms with Gasteiger partial charge in [0, 0.05) is 26.7 Å². The average Bonchev–Trinajstić information content (AvgIpc) is 2.90. The molecule has 2 heterocycles. The first-order valence-corrected chi connectivity index (χ1v) is 10.1. The molecule has 1 aromatic rings. The van der Waals surface area contributed by atoms with Crippen molar-refractivity contribution in [3.8, 4) is 0 Å². The molecule has 1 aliphatic carbocycles. The van der Waals surface area contributed by atoms with Crippen LogP contribution < -0.4 is 5.32 Å². The van der Waals surface area contributed by atoms with Crippen molar-refractivity contribution in [2.75, 3.05) is 20.1 Å². The molecule has 0 unspecified atom stereocenters. The van der Waals surface area contributed by atoms with Gasteiger partial charge in [-0.05, 0) is 31.2 Å². The first-order chi connectivity index (χ1) is 12.7. The quantitative estimate of drug-likeness (QED) is 0.904. The number of aliphatic imine (C=N–C) groups is 1. The fourth-order valence-corrected chi connectivity index (χ4v) is 4.69. The molecule has 3 aliphatic rings. The molecular formula is C21H30N4O. The zero-order valence-electron chi connectivity index (χ0n) is 15.8. The van der Waals surface area contributed by atoms with Crippen LogP contribution in [-0.4, -0.2) is 53.4 Å². The molecule has 3 fully saturated rings. The highest BCUT2D eigenvalue weighted by Crippen LogP contribution is 2.34. The van der Waals surface area contributed by atoms with E-state index in [2.05, 4.69) is 40.5 Å². The number of nitrogens with one attached hydrogen (secondary N) is 1. The van der Waals surface area contributed by atoms with Gasteiger partial charge in [-0.15, -0.1) is 0 Å². The smallest absolute Gasteiger partial charge is 0.315 e. The van der Waals surface area contributed by atoms with Gasteiger partial charge in [0.2, 0.25) is 0 Å². The van der Waals surface area contributed by atoms with Crippen LogP contribution in [0.4, 0.5) is 4.79 Å². The molecule has 2 saturated heterocycles. The monoisotopic (exact) mass is 354 g/mol. The minimum atomic E-state index is -0.221. The Kier molecular flexibility index (Phi) is 4.98. The third-order valence-corrected chi connectivity index (χ3v) is 6.43. The minimum Gasteiger partial charge on any atom is -0.315 e. The highest BCUT2D eigenvalue weighted by molar-refractivity contribution is 6.10. The number of nitrogens with zero attached hydrogens (tertiary/aromatic N) is 3. The molecule has 0 atom stereocenters. The Morgan fingerprint density at radius 3 is 2.50 bits per heavy atom. The van der Waals surface area contributed by atoms with Crippen molar-refractivity contribution >= 4 is 11.9 Å². The van der Waals surface area contributed by atoms with E-state index in [9.17, 15) is 4.79 Å². The highest BCUT2D eigenvalue weighted by atomic mass is 16.2. The number of carbonyl (C=O) groups is 1. The second-order valence-corrected chi connectivity index (χ2v) is 8.05. The van der Waals surface area contributed by atoms with Crippen LogP contribution in [-0.2, 0) is 6.54 Å². The van der Waals surface area contributed by atoms with Crippen LogP contribution in [0.5, 0.6) is 0 Å². The van der Waals surface area contributed by atoms with E-state index >= 15 is 0 Å². The number of amides is 2. The molecule has 1 spiro atoms. The van der Waals surface area contributed by atoms with E-state index < -0.39 is 0 Å². The van der Waals surface area contributed by atoms with Crippen molar-refractivity contribution in [2.24, 2.45) is 4.99 Å². The first kappa shape index (κ1) is 17.5. The normalized spacial score (nSPS) is 25.8. The summed E-state index contributed by atoms with van der Waals surface area (Å²) in [5, 5.41) is 3.09. The lowest BCUT2D eigenvalue weighted by molar-refractivity contribution is 0.114. The molecule has 0 bridgehead atoms. The second kappa shape index (κ2) is 7.39. The van der Waals surface area contributed by atoms with E-state index in [4.69, 9.17) is 4.99 Å². The van der Waals surface area contributed by atoms with Gasteiger partial charge >= 0.3 is 6.03 Å². The van der Waals surface area contributed by atoms with Crippen LogP contribution in [0, 0.1) is 0 Å². The minimum absolute atomic E-state index is 0.0102. The molecule has 0 aromatic heterocycles. The summed E-state index contributed by atoms with van der Waals surface area (Å²) in [7, 11) is 1.94. The molecule has 5 nitrogen and oxygen atoms in total.